The third-order valence-corrected chi connectivity index (χ3v) is 3.06. The van der Waals surface area contributed by atoms with Crippen molar-refractivity contribution in [3.8, 4) is 0 Å². The summed E-state index contributed by atoms with van der Waals surface area (Å²) in [6.07, 6.45) is 12.7. The van der Waals surface area contributed by atoms with Crippen LogP contribution in [0.1, 0.15) is 37.7 Å². The first-order chi connectivity index (χ1) is 7.95. The summed E-state index contributed by atoms with van der Waals surface area (Å²) in [5, 5.41) is 3.47. The number of nitrogens with one attached hydrogen (secondary N) is 1. The number of pyridine rings is 1. The van der Waals surface area contributed by atoms with Crippen molar-refractivity contribution in [1.29, 1.82) is 0 Å². The third kappa shape index (κ3) is 5.33. The number of rotatable bonds is 5. The first-order valence-corrected chi connectivity index (χ1v) is 6.23. The minimum atomic E-state index is 0. The molecular formula is C14H21ClN2. The molecule has 1 aliphatic carbocycles. The van der Waals surface area contributed by atoms with Gasteiger partial charge in [-0.2, -0.15) is 0 Å². The van der Waals surface area contributed by atoms with Gasteiger partial charge in [0.1, 0.15) is 0 Å². The quantitative estimate of drug-likeness (QED) is 0.641. The molecule has 0 bridgehead atoms. The number of halogens is 1. The molecule has 0 amide bonds. The van der Waals surface area contributed by atoms with Gasteiger partial charge in [0, 0.05) is 18.9 Å². The second-order valence-electron chi connectivity index (χ2n) is 4.40. The van der Waals surface area contributed by atoms with Crippen LogP contribution in [0.2, 0.25) is 0 Å². The van der Waals surface area contributed by atoms with E-state index in [1.807, 2.05) is 18.5 Å². The van der Waals surface area contributed by atoms with Crippen molar-refractivity contribution < 1.29 is 0 Å². The summed E-state index contributed by atoms with van der Waals surface area (Å²) in [5.41, 5.74) is 2.91. The molecule has 0 radical (unpaired) electrons. The van der Waals surface area contributed by atoms with Gasteiger partial charge in [0.05, 0.1) is 0 Å². The van der Waals surface area contributed by atoms with Crippen LogP contribution in [0.15, 0.2) is 36.2 Å². The van der Waals surface area contributed by atoms with Crippen molar-refractivity contribution in [3.63, 3.8) is 0 Å². The van der Waals surface area contributed by atoms with Gasteiger partial charge in [0.2, 0.25) is 0 Å². The summed E-state index contributed by atoms with van der Waals surface area (Å²) in [6, 6.07) is 4.10. The normalized spacial score (nSPS) is 14.9. The molecule has 0 spiro atoms. The molecule has 0 saturated heterocycles. The SMILES string of the molecule is C1=C(CCNCc2cccnc2)CCCC1.Cl. The highest BCUT2D eigenvalue weighted by molar-refractivity contribution is 5.85. The van der Waals surface area contributed by atoms with E-state index in [2.05, 4.69) is 22.4 Å². The summed E-state index contributed by atoms with van der Waals surface area (Å²) in [7, 11) is 0. The van der Waals surface area contributed by atoms with Crippen LogP contribution in [0.5, 0.6) is 0 Å². The van der Waals surface area contributed by atoms with Crippen LogP contribution >= 0.6 is 12.4 Å². The highest BCUT2D eigenvalue weighted by Gasteiger charge is 2.02. The number of hydrogen-bond acceptors (Lipinski definition) is 2. The van der Waals surface area contributed by atoms with Crippen molar-refractivity contribution in [2.45, 2.75) is 38.6 Å². The molecule has 0 saturated carbocycles. The maximum atomic E-state index is 4.10. The smallest absolute Gasteiger partial charge is 0.0312 e. The Kier molecular flexibility index (Phi) is 6.90. The Labute approximate surface area is 110 Å². The van der Waals surface area contributed by atoms with E-state index in [0.717, 1.165) is 13.1 Å². The molecule has 0 unspecified atom stereocenters. The summed E-state index contributed by atoms with van der Waals surface area (Å²) < 4.78 is 0. The Morgan fingerprint density at radius 2 is 2.24 bits per heavy atom. The van der Waals surface area contributed by atoms with E-state index >= 15 is 0 Å². The topological polar surface area (TPSA) is 24.9 Å². The molecule has 1 aliphatic rings. The minimum absolute atomic E-state index is 0. The maximum absolute atomic E-state index is 4.10. The largest absolute Gasteiger partial charge is 0.312 e. The monoisotopic (exact) mass is 252 g/mol. The summed E-state index contributed by atoms with van der Waals surface area (Å²) >= 11 is 0. The fourth-order valence-corrected chi connectivity index (χ4v) is 2.12. The summed E-state index contributed by atoms with van der Waals surface area (Å²) in [6.45, 7) is 2.02. The molecule has 2 nitrogen and oxygen atoms in total. The average Bonchev–Trinajstić information content (AvgIpc) is 2.37. The van der Waals surface area contributed by atoms with Crippen LogP contribution in [-0.2, 0) is 6.54 Å². The highest BCUT2D eigenvalue weighted by atomic mass is 35.5. The van der Waals surface area contributed by atoms with Gasteiger partial charge in [-0.15, -0.1) is 12.4 Å². The van der Waals surface area contributed by atoms with E-state index in [9.17, 15) is 0 Å². The van der Waals surface area contributed by atoms with E-state index in [0.29, 0.717) is 0 Å². The molecular weight excluding hydrogens is 232 g/mol. The van der Waals surface area contributed by atoms with Crippen molar-refractivity contribution in [1.82, 2.24) is 10.3 Å². The lowest BCUT2D eigenvalue weighted by atomic mass is 9.97. The van der Waals surface area contributed by atoms with E-state index in [-0.39, 0.29) is 12.4 Å². The lowest BCUT2D eigenvalue weighted by Crippen LogP contribution is -2.15. The summed E-state index contributed by atoms with van der Waals surface area (Å²) in [5.74, 6) is 0. The molecule has 3 heteroatoms. The van der Waals surface area contributed by atoms with Gasteiger partial charge < -0.3 is 5.32 Å². The van der Waals surface area contributed by atoms with Gasteiger partial charge in [0.15, 0.2) is 0 Å². The Morgan fingerprint density at radius 3 is 2.94 bits per heavy atom. The molecule has 1 N–H and O–H groups in total. The van der Waals surface area contributed by atoms with Crippen LogP contribution < -0.4 is 5.32 Å². The zero-order chi connectivity index (χ0) is 11.1. The zero-order valence-corrected chi connectivity index (χ0v) is 11.0. The first-order valence-electron chi connectivity index (χ1n) is 6.23. The molecule has 94 valence electrons. The van der Waals surface area contributed by atoms with Crippen LogP contribution in [-0.4, -0.2) is 11.5 Å². The molecule has 17 heavy (non-hydrogen) atoms. The van der Waals surface area contributed by atoms with E-state index in [4.69, 9.17) is 0 Å². The maximum Gasteiger partial charge on any atom is 0.0312 e. The van der Waals surface area contributed by atoms with Gasteiger partial charge in [-0.3, -0.25) is 4.98 Å². The number of hydrogen-bond donors (Lipinski definition) is 1. The van der Waals surface area contributed by atoms with Crippen molar-refractivity contribution in [2.75, 3.05) is 6.54 Å². The van der Waals surface area contributed by atoms with E-state index in [1.54, 1.807) is 5.57 Å². The predicted molar refractivity (Wildman–Crippen MR) is 74.4 cm³/mol. The zero-order valence-electron chi connectivity index (χ0n) is 10.2. The molecule has 0 aromatic carbocycles. The van der Waals surface area contributed by atoms with Gasteiger partial charge in [0.25, 0.3) is 0 Å². The third-order valence-electron chi connectivity index (χ3n) is 3.06. The standard InChI is InChI=1S/C14H20N2.ClH/c1-2-5-13(6-3-1)8-10-16-12-14-7-4-9-15-11-14;/h4-5,7,9,11,16H,1-3,6,8,10,12H2;1H. The van der Waals surface area contributed by atoms with E-state index in [1.165, 1.54) is 37.7 Å². The van der Waals surface area contributed by atoms with Gasteiger partial charge >= 0.3 is 0 Å². The number of nitrogens with zero attached hydrogens (tertiary/aromatic N) is 1. The second kappa shape index (κ2) is 8.26. The van der Waals surface area contributed by atoms with Crippen molar-refractivity contribution in [3.05, 3.63) is 41.7 Å². The lowest BCUT2D eigenvalue weighted by molar-refractivity contribution is 0.632. The molecule has 0 aliphatic heterocycles. The molecule has 1 aromatic rings. The number of aromatic nitrogens is 1. The van der Waals surface area contributed by atoms with Gasteiger partial charge in [-0.25, -0.2) is 0 Å². The van der Waals surface area contributed by atoms with Crippen LogP contribution in [0.3, 0.4) is 0 Å². The molecule has 0 atom stereocenters. The Morgan fingerprint density at radius 1 is 1.29 bits per heavy atom. The fourth-order valence-electron chi connectivity index (χ4n) is 2.12. The molecule has 0 fully saturated rings. The van der Waals surface area contributed by atoms with Crippen LogP contribution in [0, 0.1) is 0 Å². The molecule has 2 rings (SSSR count). The van der Waals surface area contributed by atoms with Gasteiger partial charge in [-0.1, -0.05) is 17.7 Å². The average molecular weight is 253 g/mol. The van der Waals surface area contributed by atoms with Gasteiger partial charge in [-0.05, 0) is 50.3 Å². The minimum Gasteiger partial charge on any atom is -0.312 e. The van der Waals surface area contributed by atoms with Crippen LogP contribution in [0.25, 0.3) is 0 Å². The predicted octanol–water partition coefficient (Wildman–Crippen LogP) is 3.48. The molecule has 1 aromatic heterocycles. The van der Waals surface area contributed by atoms with Crippen LogP contribution in [0.4, 0.5) is 0 Å². The Balaban J connectivity index is 0.00000144. The van der Waals surface area contributed by atoms with Crippen molar-refractivity contribution >= 4 is 12.4 Å². The first kappa shape index (κ1) is 14.2. The molecule has 1 heterocycles. The Hall–Kier alpha value is -0.860. The van der Waals surface area contributed by atoms with Crippen molar-refractivity contribution in [2.24, 2.45) is 0 Å². The lowest BCUT2D eigenvalue weighted by Gasteiger charge is -2.12. The van der Waals surface area contributed by atoms with E-state index < -0.39 is 0 Å². The summed E-state index contributed by atoms with van der Waals surface area (Å²) in [4.78, 5) is 4.10. The highest BCUT2D eigenvalue weighted by Crippen LogP contribution is 2.19. The second-order valence-corrected chi connectivity index (χ2v) is 4.40. The number of allylic oxidation sites excluding steroid dienone is 1. The fraction of sp³-hybridized carbons (Fsp3) is 0.500. The Bertz CT molecular complexity index is 335.